The number of rotatable bonds is 5. The van der Waals surface area contributed by atoms with Gasteiger partial charge in [0.25, 0.3) is 0 Å². The molecular weight excluding hydrogens is 238 g/mol. The van der Waals surface area contributed by atoms with E-state index >= 15 is 0 Å². The zero-order valence-corrected chi connectivity index (χ0v) is 12.8. The summed E-state index contributed by atoms with van der Waals surface area (Å²) in [6.07, 6.45) is 0. The first-order chi connectivity index (χ1) is 8.81. The number of aromatic nitrogens is 1. The number of pyridine rings is 1. The van der Waals surface area contributed by atoms with Crippen LogP contribution in [0.25, 0.3) is 0 Å². The van der Waals surface area contributed by atoms with Crippen LogP contribution in [0.4, 0.5) is 0 Å². The van der Waals surface area contributed by atoms with Crippen molar-refractivity contribution in [1.29, 1.82) is 0 Å². The highest BCUT2D eigenvalue weighted by Gasteiger charge is 2.14. The molecule has 2 N–H and O–H groups in total. The maximum atomic E-state index is 11.6. The summed E-state index contributed by atoms with van der Waals surface area (Å²) in [6.45, 7) is 12.4. The minimum Gasteiger partial charge on any atom is -0.353 e. The Morgan fingerprint density at radius 1 is 1.26 bits per heavy atom. The van der Waals surface area contributed by atoms with E-state index < -0.39 is 0 Å². The summed E-state index contributed by atoms with van der Waals surface area (Å²) < 4.78 is 0. The molecule has 1 unspecified atom stereocenters. The predicted molar refractivity (Wildman–Crippen MR) is 78.1 cm³/mol. The van der Waals surface area contributed by atoms with Gasteiger partial charge in [0.1, 0.15) is 0 Å². The third kappa shape index (κ3) is 4.63. The second kappa shape index (κ2) is 6.66. The largest absolute Gasteiger partial charge is 0.353 e. The van der Waals surface area contributed by atoms with Crippen molar-refractivity contribution in [3.8, 4) is 0 Å². The fraction of sp³-hybridized carbons (Fsp3) is 0.600. The van der Waals surface area contributed by atoms with Crippen molar-refractivity contribution >= 4 is 5.91 Å². The lowest BCUT2D eigenvalue weighted by Gasteiger charge is -2.19. The average molecular weight is 263 g/mol. The number of nitrogens with one attached hydrogen (secondary N) is 2. The van der Waals surface area contributed by atoms with Crippen LogP contribution in [0.1, 0.15) is 49.3 Å². The van der Waals surface area contributed by atoms with Gasteiger partial charge >= 0.3 is 0 Å². The van der Waals surface area contributed by atoms with E-state index in [-0.39, 0.29) is 18.0 Å². The molecule has 4 heteroatoms. The van der Waals surface area contributed by atoms with Crippen LogP contribution in [0, 0.1) is 20.8 Å². The van der Waals surface area contributed by atoms with Crippen molar-refractivity contribution < 1.29 is 4.79 Å². The van der Waals surface area contributed by atoms with Crippen LogP contribution in [0.2, 0.25) is 0 Å². The zero-order valence-electron chi connectivity index (χ0n) is 12.8. The maximum absolute atomic E-state index is 11.6. The van der Waals surface area contributed by atoms with Gasteiger partial charge in [-0.05, 0) is 58.7 Å². The van der Waals surface area contributed by atoms with E-state index in [2.05, 4.69) is 35.5 Å². The molecule has 1 aromatic rings. The Morgan fingerprint density at radius 2 is 1.89 bits per heavy atom. The Morgan fingerprint density at radius 3 is 2.42 bits per heavy atom. The molecule has 106 valence electrons. The Kier molecular flexibility index (Phi) is 5.48. The van der Waals surface area contributed by atoms with Gasteiger partial charge in [0, 0.05) is 23.5 Å². The molecule has 0 spiro atoms. The second-order valence-corrected chi connectivity index (χ2v) is 5.40. The fourth-order valence-electron chi connectivity index (χ4n) is 2.41. The summed E-state index contributed by atoms with van der Waals surface area (Å²) in [7, 11) is 0. The fourth-order valence-corrected chi connectivity index (χ4v) is 2.41. The number of amides is 1. The molecule has 4 nitrogen and oxygen atoms in total. The summed E-state index contributed by atoms with van der Waals surface area (Å²) in [5.41, 5.74) is 4.46. The predicted octanol–water partition coefficient (Wildman–Crippen LogP) is 2.18. The lowest BCUT2D eigenvalue weighted by atomic mass is 10.0. The van der Waals surface area contributed by atoms with Crippen LogP contribution in [0.15, 0.2) is 6.07 Å². The highest BCUT2D eigenvalue weighted by molar-refractivity contribution is 5.78. The normalized spacial score (nSPS) is 12.6. The van der Waals surface area contributed by atoms with E-state index in [1.807, 2.05) is 27.7 Å². The Balaban J connectivity index is 2.69. The van der Waals surface area contributed by atoms with Gasteiger partial charge in [-0.3, -0.25) is 9.78 Å². The van der Waals surface area contributed by atoms with Gasteiger partial charge < -0.3 is 10.6 Å². The lowest BCUT2D eigenvalue weighted by Crippen LogP contribution is -2.38. The molecule has 0 saturated carbocycles. The Labute approximate surface area is 116 Å². The Hall–Kier alpha value is -1.42. The first kappa shape index (κ1) is 15.6. The minimum absolute atomic E-state index is 0.0252. The summed E-state index contributed by atoms with van der Waals surface area (Å²) in [4.78, 5) is 16.1. The molecule has 1 amide bonds. The second-order valence-electron chi connectivity index (χ2n) is 5.40. The van der Waals surface area contributed by atoms with E-state index in [4.69, 9.17) is 0 Å². The van der Waals surface area contributed by atoms with Crippen LogP contribution in [0.5, 0.6) is 0 Å². The molecule has 1 rings (SSSR count). The topological polar surface area (TPSA) is 54.0 Å². The number of carbonyl (C=O) groups is 1. The maximum Gasteiger partial charge on any atom is 0.234 e. The average Bonchev–Trinajstić information content (AvgIpc) is 2.23. The molecule has 1 atom stereocenters. The number of aryl methyl sites for hydroxylation is 3. The molecule has 1 aromatic heterocycles. The van der Waals surface area contributed by atoms with Crippen molar-refractivity contribution in [2.75, 3.05) is 6.54 Å². The number of hydrogen-bond acceptors (Lipinski definition) is 3. The molecule has 0 aromatic carbocycles. The van der Waals surface area contributed by atoms with Gasteiger partial charge in [-0.2, -0.15) is 0 Å². The molecular formula is C15H25N3O. The number of hydrogen-bond donors (Lipinski definition) is 2. The summed E-state index contributed by atoms with van der Waals surface area (Å²) in [5, 5.41) is 6.12. The summed E-state index contributed by atoms with van der Waals surface area (Å²) >= 11 is 0. The smallest absolute Gasteiger partial charge is 0.234 e. The first-order valence-electron chi connectivity index (χ1n) is 6.78. The standard InChI is InChI=1S/C15H25N3O/c1-9(2)17-14(19)8-16-12(5)15-10(3)7-11(4)18-13(15)6/h7,9,12,16H,8H2,1-6H3,(H,17,19). The van der Waals surface area contributed by atoms with Crippen molar-refractivity contribution in [3.05, 3.63) is 28.6 Å². The quantitative estimate of drug-likeness (QED) is 0.856. The van der Waals surface area contributed by atoms with Crippen LogP contribution in [-0.4, -0.2) is 23.5 Å². The first-order valence-corrected chi connectivity index (χ1v) is 6.78. The number of carbonyl (C=O) groups excluding carboxylic acids is 1. The van der Waals surface area contributed by atoms with Crippen molar-refractivity contribution in [3.63, 3.8) is 0 Å². The van der Waals surface area contributed by atoms with E-state index in [9.17, 15) is 4.79 Å². The van der Waals surface area contributed by atoms with E-state index in [1.165, 1.54) is 11.1 Å². The van der Waals surface area contributed by atoms with Crippen molar-refractivity contribution in [1.82, 2.24) is 15.6 Å². The monoisotopic (exact) mass is 263 g/mol. The highest BCUT2D eigenvalue weighted by atomic mass is 16.1. The highest BCUT2D eigenvalue weighted by Crippen LogP contribution is 2.20. The van der Waals surface area contributed by atoms with Crippen molar-refractivity contribution in [2.45, 2.75) is 53.6 Å². The van der Waals surface area contributed by atoms with Crippen molar-refractivity contribution in [2.24, 2.45) is 0 Å². The van der Waals surface area contributed by atoms with Gasteiger partial charge in [-0.25, -0.2) is 0 Å². The summed E-state index contributed by atoms with van der Waals surface area (Å²) in [6, 6.07) is 2.37. The van der Waals surface area contributed by atoms with E-state index in [1.54, 1.807) is 0 Å². The summed E-state index contributed by atoms with van der Waals surface area (Å²) in [5.74, 6) is 0.0252. The van der Waals surface area contributed by atoms with Gasteiger partial charge in [0.15, 0.2) is 0 Å². The zero-order chi connectivity index (χ0) is 14.6. The number of nitrogens with zero attached hydrogens (tertiary/aromatic N) is 1. The molecule has 0 aliphatic heterocycles. The molecule has 0 saturated heterocycles. The lowest BCUT2D eigenvalue weighted by molar-refractivity contribution is -0.120. The molecule has 1 heterocycles. The van der Waals surface area contributed by atoms with Crippen LogP contribution in [0.3, 0.4) is 0 Å². The van der Waals surface area contributed by atoms with Gasteiger partial charge in [0.2, 0.25) is 5.91 Å². The van der Waals surface area contributed by atoms with Gasteiger partial charge in [0.05, 0.1) is 6.54 Å². The van der Waals surface area contributed by atoms with Crippen LogP contribution >= 0.6 is 0 Å². The Bertz CT molecular complexity index is 432. The molecule has 19 heavy (non-hydrogen) atoms. The van der Waals surface area contributed by atoms with Crippen LogP contribution in [-0.2, 0) is 4.79 Å². The molecule has 0 aliphatic carbocycles. The molecule has 0 bridgehead atoms. The third-order valence-electron chi connectivity index (χ3n) is 3.04. The van der Waals surface area contributed by atoms with E-state index in [0.717, 1.165) is 11.4 Å². The van der Waals surface area contributed by atoms with Gasteiger partial charge in [-0.1, -0.05) is 0 Å². The molecule has 0 radical (unpaired) electrons. The van der Waals surface area contributed by atoms with E-state index in [0.29, 0.717) is 6.54 Å². The molecule has 0 aliphatic rings. The third-order valence-corrected chi connectivity index (χ3v) is 3.04. The minimum atomic E-state index is 0.0252. The van der Waals surface area contributed by atoms with Gasteiger partial charge in [-0.15, -0.1) is 0 Å². The van der Waals surface area contributed by atoms with Crippen LogP contribution < -0.4 is 10.6 Å². The molecule has 0 fully saturated rings. The SMILES string of the molecule is Cc1cc(C)c(C(C)NCC(=O)NC(C)C)c(C)n1.